The molecule has 1 unspecified atom stereocenters. The highest BCUT2D eigenvalue weighted by Crippen LogP contribution is 2.21. The number of hydrogen-bond acceptors (Lipinski definition) is 3. The average molecular weight is 208 g/mol. The van der Waals surface area contributed by atoms with Crippen LogP contribution in [-0.4, -0.2) is 18.1 Å². The summed E-state index contributed by atoms with van der Waals surface area (Å²) in [5.74, 6) is -0.232. The summed E-state index contributed by atoms with van der Waals surface area (Å²) in [5, 5.41) is 0. The Balaban J connectivity index is 0.00000144. The molecule has 1 atom stereocenters. The molecule has 1 aliphatic rings. The molecule has 0 aromatic rings. The molecular weight excluding hydrogens is 190 g/mol. The lowest BCUT2D eigenvalue weighted by molar-refractivity contribution is -0.150. The lowest BCUT2D eigenvalue weighted by atomic mass is 10.2. The third-order valence-corrected chi connectivity index (χ3v) is 2.33. The lowest BCUT2D eigenvalue weighted by Crippen LogP contribution is -2.33. The van der Waals surface area contributed by atoms with Crippen molar-refractivity contribution in [1.82, 2.24) is 0 Å². The van der Waals surface area contributed by atoms with E-state index in [0.29, 0.717) is 6.42 Å². The van der Waals surface area contributed by atoms with Crippen molar-refractivity contribution >= 4 is 18.4 Å². The summed E-state index contributed by atoms with van der Waals surface area (Å²) >= 11 is 0. The van der Waals surface area contributed by atoms with Crippen LogP contribution in [0.2, 0.25) is 0 Å². The molecule has 1 fully saturated rings. The minimum atomic E-state index is -0.425. The van der Waals surface area contributed by atoms with Crippen LogP contribution in [0.4, 0.5) is 0 Å². The van der Waals surface area contributed by atoms with E-state index in [1.807, 2.05) is 6.92 Å². The predicted octanol–water partition coefficient (Wildman–Crippen LogP) is 1.63. The van der Waals surface area contributed by atoms with E-state index in [0.717, 1.165) is 12.8 Å². The number of ether oxygens (including phenoxy) is 1. The van der Waals surface area contributed by atoms with E-state index >= 15 is 0 Å². The zero-order valence-corrected chi connectivity index (χ0v) is 8.81. The summed E-state index contributed by atoms with van der Waals surface area (Å²) in [7, 11) is 0. The summed E-state index contributed by atoms with van der Waals surface area (Å²) in [6, 6.07) is -0.425. The van der Waals surface area contributed by atoms with Gasteiger partial charge in [0.1, 0.15) is 12.1 Å². The van der Waals surface area contributed by atoms with Gasteiger partial charge in [0.15, 0.2) is 0 Å². The van der Waals surface area contributed by atoms with Crippen molar-refractivity contribution in [2.75, 3.05) is 0 Å². The average Bonchev–Trinajstić information content (AvgIpc) is 2.55. The number of halogens is 1. The van der Waals surface area contributed by atoms with Crippen molar-refractivity contribution < 1.29 is 9.53 Å². The van der Waals surface area contributed by atoms with Gasteiger partial charge >= 0.3 is 5.97 Å². The van der Waals surface area contributed by atoms with Crippen molar-refractivity contribution in [3.63, 3.8) is 0 Å². The van der Waals surface area contributed by atoms with E-state index in [9.17, 15) is 4.79 Å². The fourth-order valence-corrected chi connectivity index (χ4v) is 1.42. The van der Waals surface area contributed by atoms with Crippen LogP contribution in [0.25, 0.3) is 0 Å². The fourth-order valence-electron chi connectivity index (χ4n) is 1.42. The highest BCUT2D eigenvalue weighted by atomic mass is 35.5. The van der Waals surface area contributed by atoms with Crippen LogP contribution < -0.4 is 5.73 Å². The summed E-state index contributed by atoms with van der Waals surface area (Å²) in [5.41, 5.74) is 5.52. The topological polar surface area (TPSA) is 52.3 Å². The smallest absolute Gasteiger partial charge is 0.323 e. The van der Waals surface area contributed by atoms with E-state index in [-0.39, 0.29) is 24.5 Å². The highest BCUT2D eigenvalue weighted by Gasteiger charge is 2.21. The van der Waals surface area contributed by atoms with Gasteiger partial charge in [-0.3, -0.25) is 4.79 Å². The van der Waals surface area contributed by atoms with Gasteiger partial charge in [-0.2, -0.15) is 0 Å². The van der Waals surface area contributed by atoms with E-state index in [2.05, 4.69) is 0 Å². The van der Waals surface area contributed by atoms with E-state index in [1.54, 1.807) is 0 Å². The Kier molecular flexibility index (Phi) is 6.08. The summed E-state index contributed by atoms with van der Waals surface area (Å²) in [4.78, 5) is 11.2. The number of hydrogen-bond donors (Lipinski definition) is 1. The number of rotatable bonds is 3. The molecule has 2 N–H and O–H groups in total. The third kappa shape index (κ3) is 3.96. The monoisotopic (exact) mass is 207 g/mol. The van der Waals surface area contributed by atoms with Gasteiger partial charge in [0.05, 0.1) is 0 Å². The largest absolute Gasteiger partial charge is 0.461 e. The lowest BCUT2D eigenvalue weighted by Gasteiger charge is -2.14. The van der Waals surface area contributed by atoms with Gasteiger partial charge in [-0.1, -0.05) is 6.92 Å². The van der Waals surface area contributed by atoms with Gasteiger partial charge in [-0.25, -0.2) is 0 Å². The first-order chi connectivity index (χ1) is 5.74. The Bertz CT molecular complexity index is 158. The first-order valence-corrected chi connectivity index (χ1v) is 4.70. The molecule has 13 heavy (non-hydrogen) atoms. The second-order valence-corrected chi connectivity index (χ2v) is 3.36. The molecular formula is C9H18ClNO2. The molecule has 3 nitrogen and oxygen atoms in total. The Morgan fingerprint density at radius 1 is 1.54 bits per heavy atom. The predicted molar refractivity (Wildman–Crippen MR) is 53.9 cm³/mol. The second-order valence-electron chi connectivity index (χ2n) is 3.36. The van der Waals surface area contributed by atoms with Crippen LogP contribution in [0.5, 0.6) is 0 Å². The first-order valence-electron chi connectivity index (χ1n) is 4.70. The maximum Gasteiger partial charge on any atom is 0.323 e. The summed E-state index contributed by atoms with van der Waals surface area (Å²) in [6.07, 6.45) is 5.20. The molecule has 1 saturated carbocycles. The van der Waals surface area contributed by atoms with Crippen LogP contribution in [0.15, 0.2) is 0 Å². The second kappa shape index (κ2) is 6.22. The zero-order chi connectivity index (χ0) is 8.97. The molecule has 0 aliphatic heterocycles. The number of nitrogens with two attached hydrogens (primary N) is 1. The molecule has 0 radical (unpaired) electrons. The zero-order valence-electron chi connectivity index (χ0n) is 7.99. The molecule has 0 saturated heterocycles. The first kappa shape index (κ1) is 12.7. The standard InChI is InChI=1S/C9H17NO2.ClH/c1-2-8(10)9(11)12-7-5-3-4-6-7;/h7-8H,2-6,10H2,1H3;1H. The number of esters is 1. The highest BCUT2D eigenvalue weighted by molar-refractivity contribution is 5.85. The molecule has 0 heterocycles. The van der Waals surface area contributed by atoms with Crippen molar-refractivity contribution in [1.29, 1.82) is 0 Å². The Morgan fingerprint density at radius 3 is 2.54 bits per heavy atom. The number of carbonyl (C=O) groups is 1. The summed E-state index contributed by atoms with van der Waals surface area (Å²) < 4.78 is 5.20. The van der Waals surface area contributed by atoms with Gasteiger partial charge in [0.2, 0.25) is 0 Å². The van der Waals surface area contributed by atoms with Gasteiger partial charge in [0.25, 0.3) is 0 Å². The molecule has 0 amide bonds. The van der Waals surface area contributed by atoms with E-state index in [1.165, 1.54) is 12.8 Å². The van der Waals surface area contributed by atoms with Crippen LogP contribution in [0.3, 0.4) is 0 Å². The molecule has 0 aromatic carbocycles. The van der Waals surface area contributed by atoms with Crippen LogP contribution in [-0.2, 0) is 9.53 Å². The quantitative estimate of drug-likeness (QED) is 0.716. The SMILES string of the molecule is CCC(N)C(=O)OC1CCCC1.Cl. The molecule has 1 rings (SSSR count). The Hall–Kier alpha value is -0.280. The molecule has 0 spiro atoms. The maximum atomic E-state index is 11.2. The van der Waals surface area contributed by atoms with Gasteiger partial charge in [-0.05, 0) is 32.1 Å². The van der Waals surface area contributed by atoms with Crippen molar-refractivity contribution in [3.05, 3.63) is 0 Å². The van der Waals surface area contributed by atoms with Crippen molar-refractivity contribution in [3.8, 4) is 0 Å². The van der Waals surface area contributed by atoms with Crippen LogP contribution >= 0.6 is 12.4 Å². The molecule has 0 bridgehead atoms. The molecule has 1 aliphatic carbocycles. The summed E-state index contributed by atoms with van der Waals surface area (Å²) in [6.45, 7) is 1.89. The number of carbonyl (C=O) groups excluding carboxylic acids is 1. The van der Waals surface area contributed by atoms with Gasteiger partial charge in [-0.15, -0.1) is 12.4 Å². The van der Waals surface area contributed by atoms with Gasteiger partial charge < -0.3 is 10.5 Å². The van der Waals surface area contributed by atoms with Crippen LogP contribution in [0, 0.1) is 0 Å². The fraction of sp³-hybridized carbons (Fsp3) is 0.889. The maximum absolute atomic E-state index is 11.2. The van der Waals surface area contributed by atoms with Crippen molar-refractivity contribution in [2.45, 2.75) is 51.2 Å². The minimum Gasteiger partial charge on any atom is -0.461 e. The normalized spacial score (nSPS) is 19.2. The Morgan fingerprint density at radius 2 is 2.08 bits per heavy atom. The van der Waals surface area contributed by atoms with Crippen LogP contribution in [0.1, 0.15) is 39.0 Å². The van der Waals surface area contributed by atoms with Gasteiger partial charge in [0, 0.05) is 0 Å². The molecule has 78 valence electrons. The van der Waals surface area contributed by atoms with E-state index in [4.69, 9.17) is 10.5 Å². The third-order valence-electron chi connectivity index (χ3n) is 2.33. The molecule has 0 aromatic heterocycles. The van der Waals surface area contributed by atoms with Crippen molar-refractivity contribution in [2.24, 2.45) is 5.73 Å². The van der Waals surface area contributed by atoms with E-state index < -0.39 is 6.04 Å². The minimum absolute atomic E-state index is 0. The Labute approximate surface area is 85.4 Å². The molecule has 4 heteroatoms.